The van der Waals surface area contributed by atoms with E-state index in [1.807, 2.05) is 54.6 Å². The third kappa shape index (κ3) is 2.87. The highest BCUT2D eigenvalue weighted by Gasteiger charge is 2.04. The molecule has 0 aliphatic rings. The summed E-state index contributed by atoms with van der Waals surface area (Å²) >= 11 is 0. The van der Waals surface area contributed by atoms with Crippen LogP contribution in [-0.2, 0) is 0 Å². The first-order valence-electron chi connectivity index (χ1n) is 7.29. The maximum atomic E-state index is 5.61. The monoisotopic (exact) mass is 299 g/mol. The van der Waals surface area contributed by atoms with Gasteiger partial charge in [0.25, 0.3) is 0 Å². The van der Waals surface area contributed by atoms with Crippen LogP contribution in [0.15, 0.2) is 79.3 Å². The second kappa shape index (κ2) is 5.85. The van der Waals surface area contributed by atoms with E-state index in [1.165, 1.54) is 0 Å². The minimum Gasteiger partial charge on any atom is -0.424 e. The molecule has 0 atom stereocenters. The summed E-state index contributed by atoms with van der Waals surface area (Å²) < 4.78 is 5.61. The molecule has 0 aliphatic heterocycles. The molecule has 0 unspecified atom stereocenters. The number of aromatic nitrogens is 3. The van der Waals surface area contributed by atoms with Crippen molar-refractivity contribution in [3.05, 3.63) is 79.3 Å². The van der Waals surface area contributed by atoms with Gasteiger partial charge < -0.3 is 4.74 Å². The molecular weight excluding hydrogens is 286 g/mol. The zero-order valence-corrected chi connectivity index (χ0v) is 12.3. The lowest BCUT2D eigenvalue weighted by molar-refractivity contribution is 0.442. The van der Waals surface area contributed by atoms with Crippen LogP contribution in [0.3, 0.4) is 0 Å². The Kier molecular flexibility index (Phi) is 3.41. The number of fused-ring (bicyclic) bond motifs is 1. The van der Waals surface area contributed by atoms with Gasteiger partial charge in [-0.1, -0.05) is 30.3 Å². The number of hydrogen-bond acceptors (Lipinski definition) is 4. The molecule has 4 rings (SSSR count). The molecule has 4 nitrogen and oxygen atoms in total. The second-order valence-electron chi connectivity index (χ2n) is 5.08. The lowest BCUT2D eigenvalue weighted by Gasteiger charge is -2.05. The van der Waals surface area contributed by atoms with Gasteiger partial charge in [-0.3, -0.25) is 4.98 Å². The quantitative estimate of drug-likeness (QED) is 0.559. The van der Waals surface area contributed by atoms with Crippen molar-refractivity contribution in [2.24, 2.45) is 0 Å². The summed E-state index contributed by atoms with van der Waals surface area (Å²) in [6.07, 6.45) is 5.33. The fraction of sp³-hybridized carbons (Fsp3) is 0. The van der Waals surface area contributed by atoms with Gasteiger partial charge in [0.2, 0.25) is 0 Å². The van der Waals surface area contributed by atoms with Crippen molar-refractivity contribution in [1.82, 2.24) is 15.0 Å². The molecule has 0 spiro atoms. The molecule has 2 aromatic heterocycles. The van der Waals surface area contributed by atoms with Crippen LogP contribution in [0.5, 0.6) is 11.8 Å². The first-order chi connectivity index (χ1) is 11.4. The van der Waals surface area contributed by atoms with Crippen molar-refractivity contribution in [1.29, 1.82) is 0 Å². The van der Waals surface area contributed by atoms with Crippen LogP contribution in [0.25, 0.3) is 22.0 Å². The molecule has 0 aliphatic carbocycles. The summed E-state index contributed by atoms with van der Waals surface area (Å²) in [5.41, 5.74) is 2.97. The van der Waals surface area contributed by atoms with Gasteiger partial charge in [-0.2, -0.15) is 0 Å². The van der Waals surface area contributed by atoms with Crippen LogP contribution in [0.2, 0.25) is 0 Å². The molecule has 2 heterocycles. The largest absolute Gasteiger partial charge is 0.424 e. The van der Waals surface area contributed by atoms with Gasteiger partial charge >= 0.3 is 6.01 Å². The van der Waals surface area contributed by atoms with Crippen molar-refractivity contribution in [3.8, 4) is 22.9 Å². The van der Waals surface area contributed by atoms with Gasteiger partial charge in [0.1, 0.15) is 5.75 Å². The fourth-order valence-electron chi connectivity index (χ4n) is 2.37. The highest BCUT2D eigenvalue weighted by molar-refractivity contribution is 5.83. The molecule has 23 heavy (non-hydrogen) atoms. The molecule has 0 saturated carbocycles. The minimum atomic E-state index is 0.336. The third-order valence-electron chi connectivity index (χ3n) is 3.52. The molecule has 110 valence electrons. The van der Waals surface area contributed by atoms with Crippen LogP contribution in [0.1, 0.15) is 0 Å². The van der Waals surface area contributed by atoms with E-state index < -0.39 is 0 Å². The zero-order chi connectivity index (χ0) is 15.5. The topological polar surface area (TPSA) is 47.9 Å². The summed E-state index contributed by atoms with van der Waals surface area (Å²) in [6.45, 7) is 0. The summed E-state index contributed by atoms with van der Waals surface area (Å²) in [7, 11) is 0. The molecule has 2 aromatic carbocycles. The Morgan fingerprint density at radius 2 is 1.52 bits per heavy atom. The predicted octanol–water partition coefficient (Wildman–Crippen LogP) is 4.48. The van der Waals surface area contributed by atoms with E-state index >= 15 is 0 Å². The molecule has 0 saturated heterocycles. The molecular formula is C19H13N3O. The zero-order valence-electron chi connectivity index (χ0n) is 12.3. The average molecular weight is 299 g/mol. The van der Waals surface area contributed by atoms with Crippen LogP contribution >= 0.6 is 0 Å². The van der Waals surface area contributed by atoms with E-state index in [0.717, 1.165) is 27.8 Å². The standard InChI is InChI=1S/C19H13N3O/c1-2-6-17(7-3-1)23-19-21-12-16(13-22-19)14-8-9-18-15(11-14)5-4-10-20-18/h1-13H. The number of pyridine rings is 1. The first-order valence-corrected chi connectivity index (χ1v) is 7.29. The SMILES string of the molecule is c1ccc(Oc2ncc(-c3ccc4ncccc4c3)cn2)cc1. The van der Waals surface area contributed by atoms with E-state index in [9.17, 15) is 0 Å². The molecule has 0 bridgehead atoms. The smallest absolute Gasteiger partial charge is 0.321 e. The molecule has 4 aromatic rings. The summed E-state index contributed by atoms with van der Waals surface area (Å²) in [4.78, 5) is 12.9. The van der Waals surface area contributed by atoms with Crippen molar-refractivity contribution < 1.29 is 4.74 Å². The molecule has 0 amide bonds. The Bertz CT molecular complexity index is 937. The Morgan fingerprint density at radius 1 is 0.696 bits per heavy atom. The molecule has 4 heteroatoms. The highest BCUT2D eigenvalue weighted by atomic mass is 16.5. The predicted molar refractivity (Wildman–Crippen MR) is 89.3 cm³/mol. The van der Waals surface area contributed by atoms with Gasteiger partial charge in [0.15, 0.2) is 0 Å². The lowest BCUT2D eigenvalue weighted by atomic mass is 10.1. The van der Waals surface area contributed by atoms with Gasteiger partial charge in [-0.05, 0) is 35.9 Å². The Morgan fingerprint density at radius 3 is 2.35 bits per heavy atom. The van der Waals surface area contributed by atoms with E-state index in [1.54, 1.807) is 18.6 Å². The average Bonchev–Trinajstić information content (AvgIpc) is 2.63. The van der Waals surface area contributed by atoms with Gasteiger partial charge in [-0.15, -0.1) is 0 Å². The molecule has 0 N–H and O–H groups in total. The maximum Gasteiger partial charge on any atom is 0.321 e. The number of benzene rings is 2. The second-order valence-corrected chi connectivity index (χ2v) is 5.08. The fourth-order valence-corrected chi connectivity index (χ4v) is 2.37. The molecule has 0 radical (unpaired) electrons. The van der Waals surface area contributed by atoms with Gasteiger partial charge in [0, 0.05) is 29.5 Å². The Labute approximate surface area is 133 Å². The Balaban J connectivity index is 1.61. The van der Waals surface area contributed by atoms with E-state index in [2.05, 4.69) is 21.0 Å². The number of para-hydroxylation sites is 1. The van der Waals surface area contributed by atoms with E-state index in [0.29, 0.717) is 6.01 Å². The lowest BCUT2D eigenvalue weighted by Crippen LogP contribution is -1.92. The number of ether oxygens (including phenoxy) is 1. The van der Waals surface area contributed by atoms with Crippen molar-refractivity contribution >= 4 is 10.9 Å². The number of hydrogen-bond donors (Lipinski definition) is 0. The first kappa shape index (κ1) is 13.4. The minimum absolute atomic E-state index is 0.336. The van der Waals surface area contributed by atoms with Crippen molar-refractivity contribution in [2.75, 3.05) is 0 Å². The third-order valence-corrected chi connectivity index (χ3v) is 3.52. The van der Waals surface area contributed by atoms with Gasteiger partial charge in [0.05, 0.1) is 5.52 Å². The van der Waals surface area contributed by atoms with Crippen LogP contribution < -0.4 is 4.74 Å². The highest BCUT2D eigenvalue weighted by Crippen LogP contribution is 2.24. The summed E-state index contributed by atoms with van der Waals surface area (Å²) in [5.74, 6) is 0.719. The van der Waals surface area contributed by atoms with Crippen LogP contribution in [-0.4, -0.2) is 15.0 Å². The van der Waals surface area contributed by atoms with Crippen molar-refractivity contribution in [3.63, 3.8) is 0 Å². The number of rotatable bonds is 3. The summed E-state index contributed by atoms with van der Waals surface area (Å²) in [5, 5.41) is 1.09. The van der Waals surface area contributed by atoms with Gasteiger partial charge in [-0.25, -0.2) is 9.97 Å². The molecule has 0 fully saturated rings. The van der Waals surface area contributed by atoms with Crippen LogP contribution in [0, 0.1) is 0 Å². The van der Waals surface area contributed by atoms with Crippen molar-refractivity contribution in [2.45, 2.75) is 0 Å². The Hall–Kier alpha value is -3.27. The van der Waals surface area contributed by atoms with E-state index in [4.69, 9.17) is 4.74 Å². The normalized spacial score (nSPS) is 10.6. The number of nitrogens with zero attached hydrogens (tertiary/aromatic N) is 3. The van der Waals surface area contributed by atoms with E-state index in [-0.39, 0.29) is 0 Å². The summed E-state index contributed by atoms with van der Waals surface area (Å²) in [6, 6.07) is 19.9. The van der Waals surface area contributed by atoms with Crippen LogP contribution in [0.4, 0.5) is 0 Å². The maximum absolute atomic E-state index is 5.61.